The minimum atomic E-state index is -0.637. The molecule has 1 heterocycles. The Morgan fingerprint density at radius 2 is 2.33 bits per heavy atom. The van der Waals surface area contributed by atoms with Crippen molar-refractivity contribution in [2.75, 3.05) is 13.2 Å². The molecule has 2 atom stereocenters. The highest BCUT2D eigenvalue weighted by Gasteiger charge is 2.45. The maximum atomic E-state index is 11.5. The van der Waals surface area contributed by atoms with Gasteiger partial charge in [0.15, 0.2) is 0 Å². The highest BCUT2D eigenvalue weighted by atomic mass is 16.5. The lowest BCUT2D eigenvalue weighted by molar-refractivity contribution is -0.157. The summed E-state index contributed by atoms with van der Waals surface area (Å²) >= 11 is 0. The Kier molecular flexibility index (Phi) is 3.10. The van der Waals surface area contributed by atoms with E-state index in [2.05, 4.69) is 6.08 Å². The van der Waals surface area contributed by atoms with Gasteiger partial charge in [-0.3, -0.25) is 4.79 Å². The van der Waals surface area contributed by atoms with Crippen molar-refractivity contribution in [3.8, 4) is 0 Å². The van der Waals surface area contributed by atoms with Crippen LogP contribution in [0.2, 0.25) is 0 Å². The zero-order valence-electron chi connectivity index (χ0n) is 8.95. The number of hydrogen-bond acceptors (Lipinski definition) is 2. The Labute approximate surface area is 90.1 Å². The number of carboxylic acids is 1. The zero-order valence-corrected chi connectivity index (χ0v) is 8.95. The van der Waals surface area contributed by atoms with E-state index < -0.39 is 11.4 Å². The zero-order chi connectivity index (χ0) is 10.7. The Morgan fingerprint density at radius 3 is 2.87 bits per heavy atom. The van der Waals surface area contributed by atoms with Gasteiger partial charge < -0.3 is 9.84 Å². The van der Waals surface area contributed by atoms with E-state index in [1.807, 2.05) is 6.08 Å². The molecule has 84 valence electrons. The molecule has 3 heteroatoms. The number of ether oxygens (including phenoxy) is 1. The first-order chi connectivity index (χ1) is 7.26. The van der Waals surface area contributed by atoms with Crippen molar-refractivity contribution in [3.05, 3.63) is 12.2 Å². The lowest BCUT2D eigenvalue weighted by atomic mass is 9.66. The SMILES string of the molecule is O=C(O)C1(C2CCCOC2)CC=CCC1. The van der Waals surface area contributed by atoms with Gasteiger partial charge in [-0.2, -0.15) is 0 Å². The van der Waals surface area contributed by atoms with Crippen LogP contribution in [0.5, 0.6) is 0 Å². The lowest BCUT2D eigenvalue weighted by Gasteiger charge is -2.40. The maximum Gasteiger partial charge on any atom is 0.310 e. The van der Waals surface area contributed by atoms with Crippen LogP contribution in [0, 0.1) is 11.3 Å². The molecule has 3 nitrogen and oxygen atoms in total. The highest BCUT2D eigenvalue weighted by molar-refractivity contribution is 5.75. The van der Waals surface area contributed by atoms with E-state index >= 15 is 0 Å². The largest absolute Gasteiger partial charge is 0.481 e. The predicted molar refractivity (Wildman–Crippen MR) is 56.6 cm³/mol. The minimum absolute atomic E-state index is 0.202. The van der Waals surface area contributed by atoms with Gasteiger partial charge in [-0.25, -0.2) is 0 Å². The van der Waals surface area contributed by atoms with Crippen molar-refractivity contribution in [2.24, 2.45) is 11.3 Å². The molecular weight excluding hydrogens is 192 g/mol. The first-order valence-corrected chi connectivity index (χ1v) is 5.72. The number of carboxylic acid groups (broad SMARTS) is 1. The second-order valence-electron chi connectivity index (χ2n) is 4.59. The number of aliphatic carboxylic acids is 1. The normalized spacial score (nSPS) is 36.4. The third kappa shape index (κ3) is 1.93. The van der Waals surface area contributed by atoms with Crippen LogP contribution in [0.3, 0.4) is 0 Å². The molecule has 0 radical (unpaired) electrons. The molecule has 0 aromatic rings. The molecule has 0 bridgehead atoms. The summed E-state index contributed by atoms with van der Waals surface area (Å²) in [5, 5.41) is 9.45. The van der Waals surface area contributed by atoms with Gasteiger partial charge >= 0.3 is 5.97 Å². The van der Waals surface area contributed by atoms with Crippen LogP contribution in [0.1, 0.15) is 32.1 Å². The Hall–Kier alpha value is -0.830. The van der Waals surface area contributed by atoms with Crippen molar-refractivity contribution in [3.63, 3.8) is 0 Å². The smallest absolute Gasteiger partial charge is 0.310 e. The fourth-order valence-corrected chi connectivity index (χ4v) is 2.77. The van der Waals surface area contributed by atoms with Crippen molar-refractivity contribution in [1.82, 2.24) is 0 Å². The molecule has 1 fully saturated rings. The summed E-state index contributed by atoms with van der Waals surface area (Å²) in [5.74, 6) is -0.434. The van der Waals surface area contributed by atoms with Gasteiger partial charge in [-0.05, 0) is 38.0 Å². The monoisotopic (exact) mass is 210 g/mol. The van der Waals surface area contributed by atoms with Gasteiger partial charge in [0.25, 0.3) is 0 Å². The molecule has 1 N–H and O–H groups in total. The fraction of sp³-hybridized carbons (Fsp3) is 0.750. The molecule has 1 saturated heterocycles. The van der Waals surface area contributed by atoms with Gasteiger partial charge in [-0.15, -0.1) is 0 Å². The van der Waals surface area contributed by atoms with Gasteiger partial charge in [0.05, 0.1) is 12.0 Å². The number of hydrogen-bond donors (Lipinski definition) is 1. The topological polar surface area (TPSA) is 46.5 Å². The Morgan fingerprint density at radius 1 is 1.47 bits per heavy atom. The van der Waals surface area contributed by atoms with E-state index in [-0.39, 0.29) is 5.92 Å². The van der Waals surface area contributed by atoms with E-state index in [0.29, 0.717) is 13.0 Å². The molecule has 2 rings (SSSR count). The van der Waals surface area contributed by atoms with Crippen molar-refractivity contribution in [2.45, 2.75) is 32.1 Å². The molecule has 0 aromatic carbocycles. The summed E-state index contributed by atoms with van der Waals surface area (Å²) in [5.41, 5.74) is -0.546. The van der Waals surface area contributed by atoms with E-state index in [0.717, 1.165) is 32.3 Å². The third-order valence-corrected chi connectivity index (χ3v) is 3.77. The summed E-state index contributed by atoms with van der Waals surface area (Å²) in [6, 6.07) is 0. The van der Waals surface area contributed by atoms with Gasteiger partial charge in [0, 0.05) is 6.61 Å². The number of rotatable bonds is 2. The second-order valence-corrected chi connectivity index (χ2v) is 4.59. The van der Waals surface area contributed by atoms with E-state index in [1.165, 1.54) is 0 Å². The van der Waals surface area contributed by atoms with Crippen molar-refractivity contribution < 1.29 is 14.6 Å². The molecule has 0 amide bonds. The van der Waals surface area contributed by atoms with E-state index in [1.54, 1.807) is 0 Å². The Bertz CT molecular complexity index is 266. The first-order valence-electron chi connectivity index (χ1n) is 5.72. The summed E-state index contributed by atoms with van der Waals surface area (Å²) in [7, 11) is 0. The second kappa shape index (κ2) is 4.35. The van der Waals surface area contributed by atoms with Crippen LogP contribution in [0.15, 0.2) is 12.2 Å². The lowest BCUT2D eigenvalue weighted by Crippen LogP contribution is -2.43. The molecule has 15 heavy (non-hydrogen) atoms. The average Bonchev–Trinajstić information content (AvgIpc) is 2.31. The molecule has 1 aliphatic carbocycles. The highest BCUT2D eigenvalue weighted by Crippen LogP contribution is 2.43. The van der Waals surface area contributed by atoms with Crippen LogP contribution in [-0.2, 0) is 9.53 Å². The summed E-state index contributed by atoms with van der Waals surface area (Å²) in [6.07, 6.45) is 8.45. The molecule has 0 aromatic heterocycles. The van der Waals surface area contributed by atoms with Crippen LogP contribution in [0.4, 0.5) is 0 Å². The maximum absolute atomic E-state index is 11.5. The van der Waals surface area contributed by atoms with Crippen LogP contribution >= 0.6 is 0 Å². The first kappa shape index (κ1) is 10.7. The Balaban J connectivity index is 2.17. The fourth-order valence-electron chi connectivity index (χ4n) is 2.77. The molecule has 0 spiro atoms. The molecular formula is C12H18O3. The van der Waals surface area contributed by atoms with Gasteiger partial charge in [-0.1, -0.05) is 12.2 Å². The van der Waals surface area contributed by atoms with Crippen molar-refractivity contribution in [1.29, 1.82) is 0 Å². The third-order valence-electron chi connectivity index (χ3n) is 3.77. The van der Waals surface area contributed by atoms with Gasteiger partial charge in [0.2, 0.25) is 0 Å². The van der Waals surface area contributed by atoms with Crippen LogP contribution in [-0.4, -0.2) is 24.3 Å². The summed E-state index contributed by atoms with van der Waals surface area (Å²) in [6.45, 7) is 1.42. The summed E-state index contributed by atoms with van der Waals surface area (Å²) in [4.78, 5) is 11.5. The standard InChI is InChI=1S/C12H18O3/c13-11(14)12(6-2-1-3-7-12)10-5-4-8-15-9-10/h1-2,10H,3-9H2,(H,13,14). The van der Waals surface area contributed by atoms with E-state index in [4.69, 9.17) is 4.74 Å². The van der Waals surface area contributed by atoms with Gasteiger partial charge in [0.1, 0.15) is 0 Å². The van der Waals surface area contributed by atoms with E-state index in [9.17, 15) is 9.90 Å². The predicted octanol–water partition coefficient (Wildman–Crippen LogP) is 2.22. The minimum Gasteiger partial charge on any atom is -0.481 e. The van der Waals surface area contributed by atoms with Crippen LogP contribution < -0.4 is 0 Å². The van der Waals surface area contributed by atoms with Crippen molar-refractivity contribution >= 4 is 5.97 Å². The number of allylic oxidation sites excluding steroid dienone is 2. The van der Waals surface area contributed by atoms with Crippen LogP contribution in [0.25, 0.3) is 0 Å². The quantitative estimate of drug-likeness (QED) is 0.711. The molecule has 2 unspecified atom stereocenters. The molecule has 2 aliphatic rings. The molecule has 0 saturated carbocycles. The number of carbonyl (C=O) groups is 1. The summed E-state index contributed by atoms with van der Waals surface area (Å²) < 4.78 is 5.42. The average molecular weight is 210 g/mol. The molecule has 1 aliphatic heterocycles.